The van der Waals surface area contributed by atoms with Crippen LogP contribution in [0.3, 0.4) is 0 Å². The van der Waals surface area contributed by atoms with Gasteiger partial charge in [-0.2, -0.15) is 10.1 Å². The molecule has 1 saturated heterocycles. The van der Waals surface area contributed by atoms with Gasteiger partial charge in [-0.3, -0.25) is 4.68 Å². The van der Waals surface area contributed by atoms with Gasteiger partial charge < -0.3 is 9.84 Å². The average molecular weight is 402 g/mol. The summed E-state index contributed by atoms with van der Waals surface area (Å²) in [5.74, 6) is 2.18. The first-order chi connectivity index (χ1) is 13.2. The van der Waals surface area contributed by atoms with Crippen molar-refractivity contribution in [3.05, 3.63) is 53.2 Å². The molecule has 1 N–H and O–H groups in total. The summed E-state index contributed by atoms with van der Waals surface area (Å²) < 4.78 is 7.52. The van der Waals surface area contributed by atoms with Crippen molar-refractivity contribution < 1.29 is 4.52 Å². The lowest BCUT2D eigenvalue weighted by Gasteiger charge is -2.21. The maximum atomic E-state index is 5.50. The molecule has 3 heterocycles. The predicted octanol–water partition coefficient (Wildman–Crippen LogP) is 3.95. The van der Waals surface area contributed by atoms with Gasteiger partial charge >= 0.3 is 0 Å². The van der Waals surface area contributed by atoms with Crippen LogP contribution in [0.25, 0.3) is 11.4 Å². The third kappa shape index (κ3) is 5.00. The van der Waals surface area contributed by atoms with Gasteiger partial charge in [0.25, 0.3) is 0 Å². The third-order valence-electron chi connectivity index (χ3n) is 5.31. The lowest BCUT2D eigenvalue weighted by atomic mass is 9.93. The minimum atomic E-state index is 0. The molecule has 0 bridgehead atoms. The molecule has 1 fully saturated rings. The zero-order valence-electron chi connectivity index (χ0n) is 16.5. The van der Waals surface area contributed by atoms with E-state index in [0.717, 1.165) is 61.2 Å². The Morgan fingerprint density at radius 3 is 2.75 bits per heavy atom. The minimum Gasteiger partial charge on any atom is -0.339 e. The number of piperidine rings is 1. The SMILES string of the molecule is Cc1cc(C)n(Cc2cccc(-c3noc(CCC4CCNCC4)n3)c2)n1.Cl. The molecular weight excluding hydrogens is 374 g/mol. The highest BCUT2D eigenvalue weighted by Crippen LogP contribution is 2.21. The van der Waals surface area contributed by atoms with Crippen LogP contribution >= 0.6 is 12.4 Å². The molecule has 28 heavy (non-hydrogen) atoms. The summed E-state index contributed by atoms with van der Waals surface area (Å²) in [7, 11) is 0. The second-order valence-corrected chi connectivity index (χ2v) is 7.53. The fourth-order valence-corrected chi connectivity index (χ4v) is 3.79. The monoisotopic (exact) mass is 401 g/mol. The molecule has 6 nitrogen and oxygen atoms in total. The highest BCUT2D eigenvalue weighted by atomic mass is 35.5. The van der Waals surface area contributed by atoms with Crippen molar-refractivity contribution in [2.45, 2.75) is 46.1 Å². The number of rotatable bonds is 6. The van der Waals surface area contributed by atoms with Crippen LogP contribution in [0, 0.1) is 19.8 Å². The van der Waals surface area contributed by atoms with Crippen LogP contribution < -0.4 is 5.32 Å². The molecule has 0 aliphatic carbocycles. The Kier molecular flexibility index (Phi) is 6.86. The van der Waals surface area contributed by atoms with E-state index < -0.39 is 0 Å². The van der Waals surface area contributed by atoms with Crippen LogP contribution in [-0.2, 0) is 13.0 Å². The van der Waals surface area contributed by atoms with Gasteiger partial charge in [0, 0.05) is 17.7 Å². The summed E-state index contributed by atoms with van der Waals surface area (Å²) in [4.78, 5) is 4.62. The van der Waals surface area contributed by atoms with E-state index in [1.165, 1.54) is 18.4 Å². The summed E-state index contributed by atoms with van der Waals surface area (Å²) in [5, 5.41) is 12.2. The molecule has 1 aromatic carbocycles. The van der Waals surface area contributed by atoms with Crippen molar-refractivity contribution in [2.75, 3.05) is 13.1 Å². The number of nitrogens with zero attached hydrogens (tertiary/aromatic N) is 4. The summed E-state index contributed by atoms with van der Waals surface area (Å²) in [5.41, 5.74) is 4.38. The van der Waals surface area contributed by atoms with Crippen molar-refractivity contribution >= 4 is 12.4 Å². The lowest BCUT2D eigenvalue weighted by Crippen LogP contribution is -2.27. The second kappa shape index (κ2) is 9.34. The van der Waals surface area contributed by atoms with Crippen molar-refractivity contribution in [3.63, 3.8) is 0 Å². The van der Waals surface area contributed by atoms with E-state index >= 15 is 0 Å². The molecule has 0 saturated carbocycles. The maximum absolute atomic E-state index is 5.50. The van der Waals surface area contributed by atoms with E-state index in [4.69, 9.17) is 4.52 Å². The first kappa shape index (κ1) is 20.6. The zero-order chi connectivity index (χ0) is 18.6. The van der Waals surface area contributed by atoms with Crippen LogP contribution in [0.4, 0.5) is 0 Å². The predicted molar refractivity (Wildman–Crippen MR) is 112 cm³/mol. The quantitative estimate of drug-likeness (QED) is 0.677. The number of halogens is 1. The molecule has 4 rings (SSSR count). The fourth-order valence-electron chi connectivity index (χ4n) is 3.79. The Bertz CT molecular complexity index is 898. The van der Waals surface area contributed by atoms with Crippen molar-refractivity contribution in [3.8, 4) is 11.4 Å². The van der Waals surface area contributed by atoms with E-state index in [2.05, 4.69) is 45.7 Å². The first-order valence-corrected chi connectivity index (χ1v) is 9.81. The number of hydrogen-bond acceptors (Lipinski definition) is 5. The Balaban J connectivity index is 0.00000225. The van der Waals surface area contributed by atoms with Crippen molar-refractivity contribution in [2.24, 2.45) is 5.92 Å². The largest absolute Gasteiger partial charge is 0.339 e. The molecule has 7 heteroatoms. The molecule has 0 spiro atoms. The molecule has 0 unspecified atom stereocenters. The van der Waals surface area contributed by atoms with E-state index in [1.807, 2.05) is 23.7 Å². The number of hydrogen-bond donors (Lipinski definition) is 1. The van der Waals surface area contributed by atoms with Gasteiger partial charge in [0.15, 0.2) is 0 Å². The number of aromatic nitrogens is 4. The van der Waals surface area contributed by atoms with E-state index in [1.54, 1.807) is 0 Å². The highest BCUT2D eigenvalue weighted by molar-refractivity contribution is 5.85. The average Bonchev–Trinajstić information content (AvgIpc) is 3.27. The van der Waals surface area contributed by atoms with E-state index in [-0.39, 0.29) is 12.4 Å². The van der Waals surface area contributed by atoms with Gasteiger partial charge in [0.2, 0.25) is 11.7 Å². The molecule has 0 atom stereocenters. The third-order valence-corrected chi connectivity index (χ3v) is 5.31. The van der Waals surface area contributed by atoms with Crippen molar-refractivity contribution in [1.82, 2.24) is 25.2 Å². The molecule has 150 valence electrons. The molecule has 1 aliphatic rings. The Morgan fingerprint density at radius 1 is 1.18 bits per heavy atom. The Labute approximate surface area is 172 Å². The molecule has 0 radical (unpaired) electrons. The number of aryl methyl sites for hydroxylation is 3. The maximum Gasteiger partial charge on any atom is 0.226 e. The standard InChI is InChI=1S/C21H27N5O.ClH/c1-15-12-16(2)26(24-15)14-18-4-3-5-19(13-18)21-23-20(27-25-21)7-6-17-8-10-22-11-9-17;/h3-5,12-13,17,22H,6-11,14H2,1-2H3;1H. The van der Waals surface area contributed by atoms with Gasteiger partial charge in [-0.15, -0.1) is 12.4 Å². The van der Waals surface area contributed by atoms with E-state index in [0.29, 0.717) is 5.82 Å². The normalized spacial score (nSPS) is 14.8. The van der Waals surface area contributed by atoms with Gasteiger partial charge in [-0.05, 0) is 69.8 Å². The van der Waals surface area contributed by atoms with Crippen LogP contribution in [0.5, 0.6) is 0 Å². The van der Waals surface area contributed by atoms with Crippen LogP contribution in [0.15, 0.2) is 34.9 Å². The van der Waals surface area contributed by atoms with Gasteiger partial charge in [0.1, 0.15) is 0 Å². The molecular formula is C21H28ClN5O. The fraction of sp³-hybridized carbons (Fsp3) is 0.476. The molecule has 0 amide bonds. The lowest BCUT2D eigenvalue weighted by molar-refractivity contribution is 0.324. The smallest absolute Gasteiger partial charge is 0.226 e. The molecule has 2 aromatic heterocycles. The second-order valence-electron chi connectivity index (χ2n) is 7.53. The van der Waals surface area contributed by atoms with Gasteiger partial charge in [-0.1, -0.05) is 23.4 Å². The Hall–Kier alpha value is -2.18. The highest BCUT2D eigenvalue weighted by Gasteiger charge is 2.15. The van der Waals surface area contributed by atoms with Crippen LogP contribution in [0.1, 0.15) is 42.1 Å². The molecule has 3 aromatic rings. The number of benzene rings is 1. The number of nitrogens with one attached hydrogen (secondary N) is 1. The summed E-state index contributed by atoms with van der Waals surface area (Å²) >= 11 is 0. The summed E-state index contributed by atoms with van der Waals surface area (Å²) in [6, 6.07) is 10.4. The zero-order valence-corrected chi connectivity index (χ0v) is 17.3. The first-order valence-electron chi connectivity index (χ1n) is 9.81. The summed E-state index contributed by atoms with van der Waals surface area (Å²) in [6.45, 7) is 7.10. The van der Waals surface area contributed by atoms with Gasteiger partial charge in [0.05, 0.1) is 12.2 Å². The van der Waals surface area contributed by atoms with Crippen LogP contribution in [0.2, 0.25) is 0 Å². The summed E-state index contributed by atoms with van der Waals surface area (Å²) in [6.07, 6.45) is 4.48. The topological polar surface area (TPSA) is 68.8 Å². The Morgan fingerprint density at radius 2 is 2.00 bits per heavy atom. The minimum absolute atomic E-state index is 0. The molecule has 1 aliphatic heterocycles. The van der Waals surface area contributed by atoms with E-state index in [9.17, 15) is 0 Å². The van der Waals surface area contributed by atoms with Gasteiger partial charge in [-0.25, -0.2) is 0 Å². The van der Waals surface area contributed by atoms with Crippen molar-refractivity contribution in [1.29, 1.82) is 0 Å². The van der Waals surface area contributed by atoms with Crippen LogP contribution in [-0.4, -0.2) is 33.0 Å².